The molecule has 9 atom stereocenters. The second-order valence-electron chi connectivity index (χ2n) is 18.4. The minimum Gasteiger partial charge on any atom is -0.478 e. The van der Waals surface area contributed by atoms with E-state index in [0.29, 0.717) is 35.2 Å². The van der Waals surface area contributed by atoms with Crippen molar-refractivity contribution in [3.8, 4) is 0 Å². The summed E-state index contributed by atoms with van der Waals surface area (Å²) in [7, 11) is 1.53. The molecule has 5 fully saturated rings. The lowest BCUT2D eigenvalue weighted by molar-refractivity contribution is -0.225. The van der Waals surface area contributed by atoms with Crippen molar-refractivity contribution in [3.63, 3.8) is 0 Å². The zero-order valence-corrected chi connectivity index (χ0v) is 30.1. The van der Waals surface area contributed by atoms with Gasteiger partial charge in [0.1, 0.15) is 5.54 Å². The molecule has 0 aliphatic heterocycles. The van der Waals surface area contributed by atoms with Crippen molar-refractivity contribution in [3.05, 3.63) is 53.6 Å². The number of hydrogen-bond acceptors (Lipinski definition) is 4. The number of esters is 1. The molecular formula is C42H59NO4. The Balaban J connectivity index is 1.20. The molecule has 0 aromatic heterocycles. The van der Waals surface area contributed by atoms with Crippen LogP contribution in [0.5, 0.6) is 0 Å². The van der Waals surface area contributed by atoms with E-state index in [1.54, 1.807) is 12.1 Å². The first-order chi connectivity index (χ1) is 22.1. The maximum absolute atomic E-state index is 12.7. The Bertz CT molecular complexity index is 1500. The molecule has 9 unspecified atom stereocenters. The number of nitrogens with one attached hydrogen (secondary N) is 1. The van der Waals surface area contributed by atoms with E-state index in [9.17, 15) is 14.7 Å². The Labute approximate surface area is 283 Å². The van der Waals surface area contributed by atoms with Gasteiger partial charge in [0.05, 0.1) is 12.7 Å². The van der Waals surface area contributed by atoms with Gasteiger partial charge in [0.15, 0.2) is 0 Å². The van der Waals surface area contributed by atoms with Gasteiger partial charge in [0.25, 0.3) is 0 Å². The minimum absolute atomic E-state index is 0.0130. The highest BCUT2D eigenvalue weighted by Gasteiger charge is 2.70. The molecule has 0 bridgehead atoms. The number of methoxy groups -OCH3 is 1. The lowest BCUT2D eigenvalue weighted by Gasteiger charge is -2.72. The molecule has 47 heavy (non-hydrogen) atoms. The smallest absolute Gasteiger partial charge is 0.335 e. The quantitative estimate of drug-likeness (QED) is 0.229. The normalized spacial score (nSPS) is 42.5. The first-order valence-electron chi connectivity index (χ1n) is 18.6. The van der Waals surface area contributed by atoms with Crippen LogP contribution >= 0.6 is 0 Å². The standard InChI is InChI=1S/C42H59NO4/c1-26(2)29-15-20-41(25-43-42(23-24-42)36(46)47-8)22-21-39(6)31(34(29)41)13-14-33-38(5)18-16-30(27-9-11-28(12-10-27)35(44)45)37(3,4)32(38)17-19-40(33,39)7/h9-12,16,29,31-34,43H,1,13-15,17-25H2,2-8H3,(H,44,45). The van der Waals surface area contributed by atoms with E-state index in [1.807, 2.05) is 12.1 Å². The van der Waals surface area contributed by atoms with Crippen LogP contribution in [0, 0.1) is 56.7 Å². The van der Waals surface area contributed by atoms with E-state index in [0.717, 1.165) is 25.8 Å². The molecule has 2 N–H and O–H groups in total. The third-order valence-electron chi connectivity index (χ3n) is 16.4. The van der Waals surface area contributed by atoms with Crippen LogP contribution in [0.3, 0.4) is 0 Å². The number of aromatic carboxylic acids is 1. The fraction of sp³-hybridized carbons (Fsp3) is 0.714. The number of benzene rings is 1. The van der Waals surface area contributed by atoms with Crippen molar-refractivity contribution in [1.82, 2.24) is 5.32 Å². The number of rotatable bonds is 7. The van der Waals surface area contributed by atoms with Crippen molar-refractivity contribution in [1.29, 1.82) is 0 Å². The summed E-state index contributed by atoms with van der Waals surface area (Å²) in [5.74, 6) is 2.16. The third-order valence-corrected chi connectivity index (χ3v) is 16.4. The van der Waals surface area contributed by atoms with Gasteiger partial charge in [0.2, 0.25) is 0 Å². The third kappa shape index (κ3) is 4.56. The first-order valence-corrected chi connectivity index (χ1v) is 18.6. The van der Waals surface area contributed by atoms with Gasteiger partial charge in [-0.25, -0.2) is 4.79 Å². The Hall–Kier alpha value is -2.40. The number of hydrogen-bond donors (Lipinski definition) is 2. The van der Waals surface area contributed by atoms with Crippen LogP contribution in [0.4, 0.5) is 0 Å². The van der Waals surface area contributed by atoms with Crippen LogP contribution in [0.15, 0.2) is 42.5 Å². The summed E-state index contributed by atoms with van der Waals surface area (Å²) in [6, 6.07) is 7.58. The van der Waals surface area contributed by atoms with Gasteiger partial charge in [-0.2, -0.15) is 0 Å². The summed E-state index contributed by atoms with van der Waals surface area (Å²) < 4.78 is 5.23. The predicted octanol–water partition coefficient (Wildman–Crippen LogP) is 9.33. The van der Waals surface area contributed by atoms with E-state index < -0.39 is 11.5 Å². The monoisotopic (exact) mass is 641 g/mol. The number of fused-ring (bicyclic) bond motifs is 7. The Morgan fingerprint density at radius 2 is 1.60 bits per heavy atom. The predicted molar refractivity (Wildman–Crippen MR) is 188 cm³/mol. The van der Waals surface area contributed by atoms with Crippen molar-refractivity contribution < 1.29 is 19.4 Å². The first kappa shape index (κ1) is 33.1. The molecule has 1 aromatic carbocycles. The summed E-state index contributed by atoms with van der Waals surface area (Å²) in [4.78, 5) is 24.3. The number of carbonyl (C=O) groups is 2. The van der Waals surface area contributed by atoms with Crippen LogP contribution in [0.2, 0.25) is 0 Å². The Kier molecular flexibility index (Phi) is 7.61. The Morgan fingerprint density at radius 3 is 2.21 bits per heavy atom. The Morgan fingerprint density at radius 1 is 0.894 bits per heavy atom. The van der Waals surface area contributed by atoms with E-state index in [2.05, 4.69) is 59.5 Å². The van der Waals surface area contributed by atoms with Crippen molar-refractivity contribution in [2.24, 2.45) is 56.7 Å². The molecule has 0 saturated heterocycles. The lowest BCUT2D eigenvalue weighted by Crippen LogP contribution is -2.66. The van der Waals surface area contributed by atoms with E-state index in [-0.39, 0.29) is 33.0 Å². The van der Waals surface area contributed by atoms with E-state index >= 15 is 0 Å². The van der Waals surface area contributed by atoms with Gasteiger partial charge < -0.3 is 15.2 Å². The highest BCUT2D eigenvalue weighted by Crippen LogP contribution is 2.77. The second-order valence-corrected chi connectivity index (χ2v) is 18.4. The molecule has 7 rings (SSSR count). The molecule has 0 radical (unpaired) electrons. The fourth-order valence-corrected chi connectivity index (χ4v) is 13.6. The van der Waals surface area contributed by atoms with Crippen LogP contribution < -0.4 is 5.32 Å². The maximum Gasteiger partial charge on any atom is 0.335 e. The van der Waals surface area contributed by atoms with Crippen LogP contribution in [-0.4, -0.2) is 36.2 Å². The van der Waals surface area contributed by atoms with Crippen molar-refractivity contribution >= 4 is 17.5 Å². The van der Waals surface area contributed by atoms with Gasteiger partial charge in [-0.1, -0.05) is 65.0 Å². The highest BCUT2D eigenvalue weighted by atomic mass is 16.5. The zero-order chi connectivity index (χ0) is 33.8. The largest absolute Gasteiger partial charge is 0.478 e. The number of ether oxygens (including phenoxy) is 1. The summed E-state index contributed by atoms with van der Waals surface area (Å²) in [6.07, 6.45) is 15.5. The van der Waals surface area contributed by atoms with Crippen molar-refractivity contribution in [2.75, 3.05) is 13.7 Å². The lowest BCUT2D eigenvalue weighted by atomic mass is 9.32. The summed E-state index contributed by atoms with van der Waals surface area (Å²) in [5.41, 5.74) is 4.85. The van der Waals surface area contributed by atoms with Gasteiger partial charge in [-0.15, -0.1) is 0 Å². The van der Waals surface area contributed by atoms with Crippen LogP contribution in [-0.2, 0) is 9.53 Å². The summed E-state index contributed by atoms with van der Waals surface area (Å²) >= 11 is 0. The van der Waals surface area contributed by atoms with E-state index in [4.69, 9.17) is 4.74 Å². The number of carboxylic acid groups (broad SMARTS) is 1. The van der Waals surface area contributed by atoms with E-state index in [1.165, 1.54) is 75.2 Å². The number of carbonyl (C=O) groups excluding carboxylic acids is 1. The molecule has 6 aliphatic rings. The molecule has 6 aliphatic carbocycles. The number of carboxylic acids is 1. The summed E-state index contributed by atoms with van der Waals surface area (Å²) in [6.45, 7) is 20.7. The molecule has 0 amide bonds. The summed E-state index contributed by atoms with van der Waals surface area (Å²) in [5, 5.41) is 13.3. The van der Waals surface area contributed by atoms with Gasteiger partial charge >= 0.3 is 11.9 Å². The molecule has 0 heterocycles. The average Bonchev–Trinajstić information content (AvgIpc) is 3.72. The molecule has 256 valence electrons. The topological polar surface area (TPSA) is 75.6 Å². The molecule has 5 nitrogen and oxygen atoms in total. The van der Waals surface area contributed by atoms with Crippen molar-refractivity contribution in [2.45, 2.75) is 118 Å². The molecular weight excluding hydrogens is 582 g/mol. The number of allylic oxidation sites excluding steroid dienone is 3. The zero-order valence-electron chi connectivity index (χ0n) is 30.1. The van der Waals surface area contributed by atoms with Gasteiger partial charge in [-0.3, -0.25) is 4.79 Å². The molecule has 5 saturated carbocycles. The highest BCUT2D eigenvalue weighted by molar-refractivity contribution is 5.88. The molecule has 5 heteroatoms. The van der Waals surface area contributed by atoms with Gasteiger partial charge in [-0.05, 0) is 157 Å². The average molecular weight is 642 g/mol. The SMILES string of the molecule is C=C(C)C1CCC2(CNC3(C(=O)OC)CC3)CCC3(C)C(CCC4C5(C)CC=C(c6ccc(C(=O)O)cc6)C(C)(C)C5CCC43C)C12. The van der Waals surface area contributed by atoms with Crippen LogP contribution in [0.25, 0.3) is 5.57 Å². The molecule has 1 aromatic rings. The fourth-order valence-electron chi connectivity index (χ4n) is 13.6. The van der Waals surface area contributed by atoms with Gasteiger partial charge in [0, 0.05) is 6.54 Å². The maximum atomic E-state index is 12.7. The van der Waals surface area contributed by atoms with Crippen LogP contribution in [0.1, 0.15) is 128 Å². The minimum atomic E-state index is -0.868. The second kappa shape index (κ2) is 10.8. The molecule has 0 spiro atoms.